The molecular formula is C32H28FIrN2O2Si-. The molecule has 0 aliphatic heterocycles. The monoisotopic (exact) mass is 712 g/mol. The summed E-state index contributed by atoms with van der Waals surface area (Å²) in [5.74, 6) is -0.244. The van der Waals surface area contributed by atoms with Crippen molar-refractivity contribution in [3.8, 4) is 17.3 Å². The van der Waals surface area contributed by atoms with Crippen molar-refractivity contribution >= 4 is 51.4 Å². The Balaban J connectivity index is 0.000000468. The number of carbonyl (C=O) groups is 1. The van der Waals surface area contributed by atoms with Gasteiger partial charge in [-0.05, 0) is 47.7 Å². The average Bonchev–Trinajstić information content (AvgIpc) is 2.86. The molecule has 0 saturated heterocycles. The number of pyridine rings is 1. The van der Waals surface area contributed by atoms with Crippen LogP contribution in [0.25, 0.3) is 43.6 Å². The van der Waals surface area contributed by atoms with Gasteiger partial charge in [0.05, 0.1) is 19.9 Å². The molecule has 1 radical (unpaired) electrons. The zero-order valence-electron chi connectivity index (χ0n) is 22.4. The van der Waals surface area contributed by atoms with E-state index in [9.17, 15) is 14.4 Å². The second-order valence-electron chi connectivity index (χ2n) is 10.3. The normalized spacial score (nSPS) is 11.5. The van der Waals surface area contributed by atoms with E-state index in [1.54, 1.807) is 12.3 Å². The number of ketones is 1. The third-order valence-corrected chi connectivity index (χ3v) is 8.28. The Labute approximate surface area is 242 Å². The van der Waals surface area contributed by atoms with E-state index in [0.717, 1.165) is 43.4 Å². The predicted octanol–water partition coefficient (Wildman–Crippen LogP) is 7.60. The number of carbonyl (C=O) groups excluding carboxylic acids is 1. The van der Waals surface area contributed by atoms with Crippen LogP contribution in [0.1, 0.15) is 19.4 Å². The van der Waals surface area contributed by atoms with Crippen LogP contribution in [0.5, 0.6) is 0 Å². The number of halogens is 1. The standard InChI is InChI=1S/C27H20FN2Si.C5H8O2.Ir/c1-31(2,3)20-14-25-22-10-11-30-27(24(22)9-8-23(25)26(28)15-20)18-12-17-6-4-5-7-21(17)19(13-18)16-29;1-4(6)3-5(2)7;/h4-11,13-15H,1-3H3;3,6H,1-2H3;/q-1;;/b;4-3-;. The fraction of sp³-hybridized carbons (Fsp3) is 0.156. The van der Waals surface area contributed by atoms with Crippen LogP contribution in [-0.4, -0.2) is 23.9 Å². The molecule has 0 fully saturated rings. The molecule has 0 amide bonds. The molecule has 0 atom stereocenters. The van der Waals surface area contributed by atoms with Crippen LogP contribution in [0.4, 0.5) is 4.39 Å². The summed E-state index contributed by atoms with van der Waals surface area (Å²) in [4.78, 5) is 14.7. The largest absolute Gasteiger partial charge is 0.512 e. The van der Waals surface area contributed by atoms with E-state index in [0.29, 0.717) is 10.9 Å². The minimum absolute atomic E-state index is 0. The van der Waals surface area contributed by atoms with E-state index in [4.69, 9.17) is 5.11 Å². The van der Waals surface area contributed by atoms with Crippen LogP contribution in [0, 0.1) is 23.2 Å². The maximum Gasteiger partial charge on any atom is 0.155 e. The van der Waals surface area contributed by atoms with Crippen molar-refractivity contribution < 1.29 is 34.4 Å². The number of aromatic nitrogens is 1. The van der Waals surface area contributed by atoms with Crippen LogP contribution >= 0.6 is 0 Å². The molecule has 7 heteroatoms. The molecule has 199 valence electrons. The summed E-state index contributed by atoms with van der Waals surface area (Å²) < 4.78 is 15.0. The molecule has 1 heterocycles. The number of nitrogens with zero attached hydrogens (tertiary/aromatic N) is 2. The van der Waals surface area contributed by atoms with Crippen molar-refractivity contribution in [1.82, 2.24) is 4.98 Å². The molecule has 0 aliphatic carbocycles. The molecule has 5 aromatic rings. The predicted molar refractivity (Wildman–Crippen MR) is 156 cm³/mol. The molecule has 4 aromatic carbocycles. The first-order valence-corrected chi connectivity index (χ1v) is 15.7. The Morgan fingerprint density at radius 3 is 2.28 bits per heavy atom. The molecule has 1 N–H and O–H groups in total. The van der Waals surface area contributed by atoms with Gasteiger partial charge >= 0.3 is 0 Å². The second-order valence-corrected chi connectivity index (χ2v) is 15.4. The van der Waals surface area contributed by atoms with Gasteiger partial charge in [0.15, 0.2) is 5.78 Å². The van der Waals surface area contributed by atoms with E-state index in [1.165, 1.54) is 19.9 Å². The van der Waals surface area contributed by atoms with Crippen LogP contribution in [0.3, 0.4) is 0 Å². The number of rotatable bonds is 3. The fourth-order valence-electron chi connectivity index (χ4n) is 4.45. The van der Waals surface area contributed by atoms with Gasteiger partial charge in [0.1, 0.15) is 5.82 Å². The van der Waals surface area contributed by atoms with Gasteiger partial charge in [-0.2, -0.15) is 5.26 Å². The molecule has 5 rings (SSSR count). The van der Waals surface area contributed by atoms with Crippen LogP contribution in [0.15, 0.2) is 78.7 Å². The number of allylic oxidation sites excluding steroid dienone is 2. The molecule has 0 bridgehead atoms. The molecular weight excluding hydrogens is 684 g/mol. The SMILES string of the molecule is CC(=O)/C=C(/C)O.C[Si](C)(C)c1cc(F)c2ccc3c(-c4[c-]c5ccccc5c(C#N)c4)nccc3c2c1.[Ir]. The van der Waals surface area contributed by atoms with Crippen molar-refractivity contribution in [1.29, 1.82) is 5.26 Å². The number of fused-ring (bicyclic) bond motifs is 4. The molecule has 0 saturated carbocycles. The maximum absolute atomic E-state index is 15.0. The van der Waals surface area contributed by atoms with Gasteiger partial charge in [-0.1, -0.05) is 72.2 Å². The van der Waals surface area contributed by atoms with Gasteiger partial charge in [-0.3, -0.25) is 9.78 Å². The van der Waals surface area contributed by atoms with Gasteiger partial charge in [-0.25, -0.2) is 4.39 Å². The zero-order valence-corrected chi connectivity index (χ0v) is 25.8. The Morgan fingerprint density at radius 1 is 0.974 bits per heavy atom. The topological polar surface area (TPSA) is 74.0 Å². The number of hydrogen-bond donors (Lipinski definition) is 1. The third kappa shape index (κ3) is 6.48. The smallest absolute Gasteiger partial charge is 0.155 e. The molecule has 4 nitrogen and oxygen atoms in total. The van der Waals surface area contributed by atoms with Crippen molar-refractivity contribution in [3.63, 3.8) is 0 Å². The van der Waals surface area contributed by atoms with Crippen molar-refractivity contribution in [3.05, 3.63) is 96.1 Å². The zero-order chi connectivity index (χ0) is 27.6. The summed E-state index contributed by atoms with van der Waals surface area (Å²) in [5, 5.41) is 24.3. The van der Waals surface area contributed by atoms with Crippen LogP contribution in [-0.2, 0) is 24.9 Å². The molecule has 0 spiro atoms. The first-order valence-electron chi connectivity index (χ1n) is 12.2. The van der Waals surface area contributed by atoms with E-state index >= 15 is 0 Å². The summed E-state index contributed by atoms with van der Waals surface area (Å²) >= 11 is 0. The second kappa shape index (κ2) is 12.0. The van der Waals surface area contributed by atoms with Crippen LogP contribution < -0.4 is 5.19 Å². The fourth-order valence-corrected chi connectivity index (χ4v) is 5.58. The number of hydrogen-bond acceptors (Lipinski definition) is 4. The van der Waals surface area contributed by atoms with Crippen molar-refractivity contribution in [2.24, 2.45) is 0 Å². The molecule has 39 heavy (non-hydrogen) atoms. The third-order valence-electron chi connectivity index (χ3n) is 6.26. The number of benzene rings is 4. The number of aliphatic hydroxyl groups excluding tert-OH is 1. The minimum atomic E-state index is -1.69. The maximum atomic E-state index is 15.0. The first kappa shape index (κ1) is 29.9. The van der Waals surface area contributed by atoms with E-state index < -0.39 is 8.07 Å². The van der Waals surface area contributed by atoms with Gasteiger partial charge in [-0.15, -0.1) is 23.6 Å². The molecule has 1 aromatic heterocycles. The average molecular weight is 712 g/mol. The number of nitriles is 1. The van der Waals surface area contributed by atoms with Crippen molar-refractivity contribution in [2.45, 2.75) is 33.5 Å². The summed E-state index contributed by atoms with van der Waals surface area (Å²) in [5.41, 5.74) is 2.11. The Bertz CT molecular complexity index is 1780. The van der Waals surface area contributed by atoms with E-state index in [1.807, 2.05) is 48.5 Å². The minimum Gasteiger partial charge on any atom is -0.512 e. The van der Waals surface area contributed by atoms with Gasteiger partial charge < -0.3 is 5.11 Å². The quantitative estimate of drug-likeness (QED) is 0.0688. The Hall–Kier alpha value is -3.69. The summed E-state index contributed by atoms with van der Waals surface area (Å²) in [6, 6.07) is 24.8. The van der Waals surface area contributed by atoms with E-state index in [2.05, 4.69) is 42.8 Å². The van der Waals surface area contributed by atoms with Gasteiger partial charge in [0.2, 0.25) is 0 Å². The van der Waals surface area contributed by atoms with Crippen molar-refractivity contribution in [2.75, 3.05) is 0 Å². The van der Waals surface area contributed by atoms with Gasteiger partial charge in [0, 0.05) is 43.5 Å². The summed E-state index contributed by atoms with van der Waals surface area (Å²) in [6.07, 6.45) is 2.92. The molecule has 0 aliphatic rings. The number of aliphatic hydroxyl groups is 1. The van der Waals surface area contributed by atoms with Gasteiger partial charge in [0.25, 0.3) is 0 Å². The van der Waals surface area contributed by atoms with Crippen LogP contribution in [0.2, 0.25) is 19.6 Å². The summed E-state index contributed by atoms with van der Waals surface area (Å²) in [7, 11) is -1.69. The first-order chi connectivity index (χ1) is 18.0. The summed E-state index contributed by atoms with van der Waals surface area (Å²) in [6.45, 7) is 9.51. The Kier molecular flexibility index (Phi) is 9.19. The molecule has 0 unspecified atom stereocenters. The van der Waals surface area contributed by atoms with E-state index in [-0.39, 0.29) is 37.5 Å². The Morgan fingerprint density at radius 2 is 1.67 bits per heavy atom.